The number of hydrogen-bond acceptors (Lipinski definition) is 3. The van der Waals surface area contributed by atoms with Gasteiger partial charge in [0.15, 0.2) is 0 Å². The summed E-state index contributed by atoms with van der Waals surface area (Å²) in [6.45, 7) is 2.89. The van der Waals surface area contributed by atoms with Gasteiger partial charge in [0, 0.05) is 18.2 Å². The van der Waals surface area contributed by atoms with Crippen LogP contribution in [0, 0.1) is 15.9 Å². The molecule has 0 aliphatic heterocycles. The predicted molar refractivity (Wildman–Crippen MR) is 50.4 cm³/mol. The molecule has 0 unspecified atom stereocenters. The Morgan fingerprint density at radius 1 is 1.57 bits per heavy atom. The fourth-order valence-electron chi connectivity index (χ4n) is 1.10. The molecule has 0 atom stereocenters. The zero-order valence-corrected chi connectivity index (χ0v) is 7.79. The minimum absolute atomic E-state index is 0.310. The molecule has 76 valence electrons. The third kappa shape index (κ3) is 2.26. The van der Waals surface area contributed by atoms with Gasteiger partial charge in [-0.2, -0.15) is 4.39 Å². The minimum atomic E-state index is -0.751. The van der Waals surface area contributed by atoms with Crippen LogP contribution in [0.2, 0.25) is 0 Å². The van der Waals surface area contributed by atoms with Crippen molar-refractivity contribution in [3.63, 3.8) is 0 Å². The van der Waals surface area contributed by atoms with Crippen LogP contribution < -0.4 is 5.32 Å². The highest BCUT2D eigenvalue weighted by molar-refractivity contribution is 5.36. The van der Waals surface area contributed by atoms with Crippen LogP contribution in [0.5, 0.6) is 0 Å². The molecule has 0 saturated heterocycles. The Hall–Kier alpha value is -1.49. The molecule has 4 nitrogen and oxygen atoms in total. The van der Waals surface area contributed by atoms with Crippen LogP contribution in [-0.4, -0.2) is 11.5 Å². The quantitative estimate of drug-likeness (QED) is 0.593. The molecule has 5 heteroatoms. The van der Waals surface area contributed by atoms with Gasteiger partial charge in [0.1, 0.15) is 0 Å². The predicted octanol–water partition coefficient (Wildman–Crippen LogP) is 1.84. The average molecular weight is 198 g/mol. The Morgan fingerprint density at radius 2 is 2.29 bits per heavy atom. The molecule has 0 aliphatic carbocycles. The molecule has 1 aromatic rings. The van der Waals surface area contributed by atoms with Crippen LogP contribution in [0.3, 0.4) is 0 Å². The first-order chi connectivity index (χ1) is 6.66. The van der Waals surface area contributed by atoms with Gasteiger partial charge < -0.3 is 5.32 Å². The monoisotopic (exact) mass is 198 g/mol. The second-order valence-corrected chi connectivity index (χ2v) is 2.79. The lowest BCUT2D eigenvalue weighted by Gasteiger charge is -2.03. The maximum Gasteiger partial charge on any atom is 0.305 e. The lowest BCUT2D eigenvalue weighted by atomic mass is 10.2. The summed E-state index contributed by atoms with van der Waals surface area (Å²) < 4.78 is 13.4. The standard InChI is InChI=1S/C9H11FN2O2/c1-2-11-6-7-4-3-5-8(9(7)10)12(13)14/h3-5,11H,2,6H2,1H3. The van der Waals surface area contributed by atoms with Crippen LogP contribution in [0.4, 0.5) is 10.1 Å². The van der Waals surface area contributed by atoms with E-state index in [2.05, 4.69) is 5.32 Å². The number of benzene rings is 1. The van der Waals surface area contributed by atoms with E-state index in [9.17, 15) is 14.5 Å². The van der Waals surface area contributed by atoms with Crippen molar-refractivity contribution < 1.29 is 9.31 Å². The largest absolute Gasteiger partial charge is 0.313 e. The number of hydrogen-bond donors (Lipinski definition) is 1. The molecule has 0 spiro atoms. The van der Waals surface area contributed by atoms with Gasteiger partial charge in [-0.05, 0) is 6.54 Å². The summed E-state index contributed by atoms with van der Waals surface area (Å²) in [7, 11) is 0. The van der Waals surface area contributed by atoms with Crippen molar-refractivity contribution in [1.82, 2.24) is 5.32 Å². The van der Waals surface area contributed by atoms with Crippen LogP contribution >= 0.6 is 0 Å². The van der Waals surface area contributed by atoms with Crippen molar-refractivity contribution in [3.05, 3.63) is 39.7 Å². The van der Waals surface area contributed by atoms with E-state index in [0.717, 1.165) is 6.07 Å². The van der Waals surface area contributed by atoms with Gasteiger partial charge >= 0.3 is 5.69 Å². The maximum atomic E-state index is 13.4. The van der Waals surface area contributed by atoms with Crippen molar-refractivity contribution in [1.29, 1.82) is 0 Å². The van der Waals surface area contributed by atoms with Gasteiger partial charge in [0.25, 0.3) is 0 Å². The van der Waals surface area contributed by atoms with Crippen LogP contribution in [0.15, 0.2) is 18.2 Å². The summed E-state index contributed by atoms with van der Waals surface area (Å²) >= 11 is 0. The van der Waals surface area contributed by atoms with Gasteiger partial charge in [0.2, 0.25) is 5.82 Å². The molecule has 0 amide bonds. The number of rotatable bonds is 4. The van der Waals surface area contributed by atoms with E-state index < -0.39 is 16.4 Å². The van der Waals surface area contributed by atoms with E-state index in [1.165, 1.54) is 12.1 Å². The average Bonchev–Trinajstić information content (AvgIpc) is 2.16. The smallest absolute Gasteiger partial charge is 0.305 e. The summed E-state index contributed by atoms with van der Waals surface area (Å²) in [6.07, 6.45) is 0. The molecule has 1 rings (SSSR count). The van der Waals surface area contributed by atoms with E-state index in [-0.39, 0.29) is 0 Å². The van der Waals surface area contributed by atoms with Crippen molar-refractivity contribution in [3.8, 4) is 0 Å². The Bertz CT molecular complexity index is 342. The third-order valence-corrected chi connectivity index (χ3v) is 1.82. The first-order valence-electron chi connectivity index (χ1n) is 4.29. The summed E-state index contributed by atoms with van der Waals surface area (Å²) in [5, 5.41) is 13.3. The van der Waals surface area contributed by atoms with E-state index in [4.69, 9.17) is 0 Å². The second-order valence-electron chi connectivity index (χ2n) is 2.79. The first-order valence-corrected chi connectivity index (χ1v) is 4.29. The van der Waals surface area contributed by atoms with Crippen LogP contribution in [0.1, 0.15) is 12.5 Å². The van der Waals surface area contributed by atoms with E-state index in [1.807, 2.05) is 6.92 Å². The van der Waals surface area contributed by atoms with Crippen LogP contribution in [-0.2, 0) is 6.54 Å². The highest BCUT2D eigenvalue weighted by atomic mass is 19.1. The first kappa shape index (κ1) is 10.6. The molecular formula is C9H11FN2O2. The fourth-order valence-corrected chi connectivity index (χ4v) is 1.10. The summed E-state index contributed by atoms with van der Waals surface area (Å²) in [4.78, 5) is 9.68. The SMILES string of the molecule is CCNCc1cccc([N+](=O)[O-])c1F. The fraction of sp³-hybridized carbons (Fsp3) is 0.333. The minimum Gasteiger partial charge on any atom is -0.313 e. The molecule has 0 radical (unpaired) electrons. The van der Waals surface area contributed by atoms with Crippen molar-refractivity contribution in [2.75, 3.05) is 6.54 Å². The number of nitro benzene ring substituents is 1. The number of nitro groups is 1. The molecule has 0 aromatic heterocycles. The Morgan fingerprint density at radius 3 is 2.86 bits per heavy atom. The Balaban J connectivity index is 2.95. The Kier molecular flexibility index (Phi) is 3.53. The van der Waals surface area contributed by atoms with Crippen LogP contribution in [0.25, 0.3) is 0 Å². The molecule has 0 aliphatic rings. The van der Waals surface area contributed by atoms with Gasteiger partial charge in [0.05, 0.1) is 4.92 Å². The number of nitrogens with one attached hydrogen (secondary N) is 1. The van der Waals surface area contributed by atoms with E-state index in [0.29, 0.717) is 18.7 Å². The topological polar surface area (TPSA) is 55.2 Å². The van der Waals surface area contributed by atoms with Gasteiger partial charge in [-0.1, -0.05) is 19.1 Å². The molecule has 0 heterocycles. The number of nitrogens with zero attached hydrogens (tertiary/aromatic N) is 1. The summed E-state index contributed by atoms with van der Waals surface area (Å²) in [6, 6.07) is 4.17. The van der Waals surface area contributed by atoms with E-state index in [1.54, 1.807) is 0 Å². The van der Waals surface area contributed by atoms with Crippen molar-refractivity contribution >= 4 is 5.69 Å². The lowest BCUT2D eigenvalue weighted by Crippen LogP contribution is -2.13. The molecular weight excluding hydrogens is 187 g/mol. The molecule has 14 heavy (non-hydrogen) atoms. The lowest BCUT2D eigenvalue weighted by molar-refractivity contribution is -0.387. The van der Waals surface area contributed by atoms with Gasteiger partial charge in [-0.15, -0.1) is 0 Å². The van der Waals surface area contributed by atoms with Gasteiger partial charge in [-0.3, -0.25) is 10.1 Å². The molecule has 1 N–H and O–H groups in total. The molecule has 0 fully saturated rings. The van der Waals surface area contributed by atoms with E-state index >= 15 is 0 Å². The summed E-state index contributed by atoms with van der Waals surface area (Å²) in [5.41, 5.74) is -0.151. The maximum absolute atomic E-state index is 13.4. The normalized spacial score (nSPS) is 10.1. The van der Waals surface area contributed by atoms with Crippen molar-refractivity contribution in [2.24, 2.45) is 0 Å². The molecule has 0 saturated carbocycles. The van der Waals surface area contributed by atoms with Gasteiger partial charge in [-0.25, -0.2) is 0 Å². The van der Waals surface area contributed by atoms with Crippen molar-refractivity contribution in [2.45, 2.75) is 13.5 Å². The molecule has 0 bridgehead atoms. The third-order valence-electron chi connectivity index (χ3n) is 1.82. The highest BCUT2D eigenvalue weighted by Gasteiger charge is 2.16. The zero-order chi connectivity index (χ0) is 10.6. The zero-order valence-electron chi connectivity index (χ0n) is 7.79. The summed E-state index contributed by atoms with van der Waals surface area (Å²) in [5.74, 6) is -0.751. The molecule has 1 aromatic carbocycles. The highest BCUT2D eigenvalue weighted by Crippen LogP contribution is 2.19. The number of halogens is 1. The Labute approximate surface area is 80.9 Å². The second kappa shape index (κ2) is 4.66.